The molecule has 0 aliphatic rings. The van der Waals surface area contributed by atoms with Gasteiger partial charge in [0, 0.05) is 0 Å². The Labute approximate surface area is 163 Å². The number of carbonyl (C=O) groups excluding carboxylic acids is 2. The first-order chi connectivity index (χ1) is 13.7. The zero-order valence-electron chi connectivity index (χ0n) is 15.4. The second-order valence-electron chi connectivity index (χ2n) is 6.12. The molecule has 0 saturated heterocycles. The molecule has 0 radical (unpaired) electrons. The highest BCUT2D eigenvalue weighted by atomic mass is 19.4. The molecular formula is C20H16F3N3O3. The first-order valence-corrected chi connectivity index (χ1v) is 8.49. The summed E-state index contributed by atoms with van der Waals surface area (Å²) in [5, 5.41) is 6.48. The van der Waals surface area contributed by atoms with Gasteiger partial charge in [0.05, 0.1) is 28.3 Å². The van der Waals surface area contributed by atoms with E-state index in [0.29, 0.717) is 17.1 Å². The summed E-state index contributed by atoms with van der Waals surface area (Å²) < 4.78 is 43.0. The van der Waals surface area contributed by atoms with E-state index in [-0.39, 0.29) is 11.3 Å². The molecule has 0 unspecified atom stereocenters. The van der Waals surface area contributed by atoms with E-state index in [9.17, 15) is 22.8 Å². The third-order valence-corrected chi connectivity index (χ3v) is 4.09. The fourth-order valence-corrected chi connectivity index (χ4v) is 2.87. The smallest absolute Gasteiger partial charge is 0.404 e. The fourth-order valence-electron chi connectivity index (χ4n) is 2.87. The summed E-state index contributed by atoms with van der Waals surface area (Å²) in [5.74, 6) is -2.62. The molecule has 0 bridgehead atoms. The van der Waals surface area contributed by atoms with Crippen molar-refractivity contribution < 1.29 is 27.5 Å². The Hall–Kier alpha value is -3.62. The van der Waals surface area contributed by atoms with Gasteiger partial charge in [-0.25, -0.2) is 4.68 Å². The standard InChI is InChI=1S/C20H16F3N3O3/c1-12-17(13(2)26(25-12)14-8-4-3-5-9-14)18(27)19(28)24-15-10-6-7-11-16(15)29-20(21,22)23/h3-11H,1-2H3,(H,24,28). The van der Waals surface area contributed by atoms with Crippen LogP contribution >= 0.6 is 0 Å². The lowest BCUT2D eigenvalue weighted by molar-refractivity contribution is -0.274. The van der Waals surface area contributed by atoms with Gasteiger partial charge in [0.25, 0.3) is 11.7 Å². The second kappa shape index (κ2) is 7.78. The lowest BCUT2D eigenvalue weighted by atomic mass is 10.1. The van der Waals surface area contributed by atoms with Gasteiger partial charge in [0.2, 0.25) is 0 Å². The Morgan fingerprint density at radius 3 is 2.28 bits per heavy atom. The van der Waals surface area contributed by atoms with Crippen molar-refractivity contribution in [3.05, 3.63) is 71.5 Å². The number of aromatic nitrogens is 2. The van der Waals surface area contributed by atoms with Crippen LogP contribution in [0, 0.1) is 13.8 Å². The lowest BCUT2D eigenvalue weighted by Gasteiger charge is -2.13. The molecule has 1 N–H and O–H groups in total. The van der Waals surface area contributed by atoms with E-state index >= 15 is 0 Å². The molecule has 29 heavy (non-hydrogen) atoms. The summed E-state index contributed by atoms with van der Waals surface area (Å²) in [5.41, 5.74) is 1.28. The summed E-state index contributed by atoms with van der Waals surface area (Å²) in [6, 6.07) is 14.0. The highest BCUT2D eigenvalue weighted by molar-refractivity contribution is 6.47. The number of ketones is 1. The van der Waals surface area contributed by atoms with Gasteiger partial charge >= 0.3 is 6.36 Å². The number of hydrogen-bond donors (Lipinski definition) is 1. The molecule has 1 heterocycles. The minimum absolute atomic E-state index is 0.0839. The third-order valence-electron chi connectivity index (χ3n) is 4.09. The van der Waals surface area contributed by atoms with Crippen LogP contribution < -0.4 is 10.1 Å². The minimum Gasteiger partial charge on any atom is -0.404 e. The maximum atomic E-state index is 12.7. The summed E-state index contributed by atoms with van der Waals surface area (Å²) in [4.78, 5) is 25.1. The van der Waals surface area contributed by atoms with E-state index < -0.39 is 23.8 Å². The summed E-state index contributed by atoms with van der Waals surface area (Å²) >= 11 is 0. The normalized spacial score (nSPS) is 11.2. The first-order valence-electron chi connectivity index (χ1n) is 8.49. The van der Waals surface area contributed by atoms with Crippen LogP contribution in [0.25, 0.3) is 5.69 Å². The van der Waals surface area contributed by atoms with Gasteiger partial charge in [-0.2, -0.15) is 5.10 Å². The summed E-state index contributed by atoms with van der Waals surface area (Å²) in [6.45, 7) is 3.21. The molecule has 9 heteroatoms. The number of anilines is 1. The van der Waals surface area contributed by atoms with Gasteiger partial charge in [-0.3, -0.25) is 9.59 Å². The monoisotopic (exact) mass is 403 g/mol. The van der Waals surface area contributed by atoms with E-state index in [1.165, 1.54) is 22.9 Å². The van der Waals surface area contributed by atoms with Crippen molar-refractivity contribution in [1.29, 1.82) is 0 Å². The fraction of sp³-hybridized carbons (Fsp3) is 0.150. The Balaban J connectivity index is 1.88. The number of carbonyl (C=O) groups is 2. The van der Waals surface area contributed by atoms with Gasteiger partial charge in [0.15, 0.2) is 5.75 Å². The second-order valence-corrected chi connectivity index (χ2v) is 6.12. The maximum absolute atomic E-state index is 12.7. The van der Waals surface area contributed by atoms with Crippen molar-refractivity contribution in [2.75, 3.05) is 5.32 Å². The van der Waals surface area contributed by atoms with Crippen molar-refractivity contribution >= 4 is 17.4 Å². The van der Waals surface area contributed by atoms with Crippen LogP contribution in [0.1, 0.15) is 21.7 Å². The van der Waals surface area contributed by atoms with E-state index in [2.05, 4.69) is 15.2 Å². The van der Waals surface area contributed by atoms with E-state index in [4.69, 9.17) is 0 Å². The van der Waals surface area contributed by atoms with Crippen LogP contribution in [-0.2, 0) is 4.79 Å². The maximum Gasteiger partial charge on any atom is 0.573 e. The highest BCUT2D eigenvalue weighted by Crippen LogP contribution is 2.30. The molecular weight excluding hydrogens is 387 g/mol. The third kappa shape index (κ3) is 4.45. The molecule has 2 aromatic carbocycles. The van der Waals surface area contributed by atoms with Crippen LogP contribution in [0.15, 0.2) is 54.6 Å². The molecule has 3 aromatic rings. The predicted octanol–water partition coefficient (Wildman–Crippen LogP) is 4.21. The van der Waals surface area contributed by atoms with Gasteiger partial charge in [-0.1, -0.05) is 30.3 Å². The number of rotatable bonds is 5. The number of hydrogen-bond acceptors (Lipinski definition) is 4. The average Bonchev–Trinajstić information content (AvgIpc) is 2.96. The average molecular weight is 403 g/mol. The predicted molar refractivity (Wildman–Crippen MR) is 99.1 cm³/mol. The Morgan fingerprint density at radius 2 is 1.62 bits per heavy atom. The van der Waals surface area contributed by atoms with E-state index in [0.717, 1.165) is 6.07 Å². The quantitative estimate of drug-likeness (QED) is 0.512. The van der Waals surface area contributed by atoms with Crippen LogP contribution in [0.5, 0.6) is 5.75 Å². The number of amides is 1. The molecule has 0 spiro atoms. The molecule has 0 saturated carbocycles. The molecule has 1 amide bonds. The Kier molecular flexibility index (Phi) is 5.40. The zero-order valence-corrected chi connectivity index (χ0v) is 15.4. The highest BCUT2D eigenvalue weighted by Gasteiger charge is 2.33. The number of halogens is 3. The molecule has 3 rings (SSSR count). The molecule has 1 aromatic heterocycles. The van der Waals surface area contributed by atoms with Crippen LogP contribution in [0.3, 0.4) is 0 Å². The molecule has 0 atom stereocenters. The number of nitrogens with one attached hydrogen (secondary N) is 1. The first kappa shape index (κ1) is 20.1. The van der Waals surface area contributed by atoms with Crippen LogP contribution in [0.4, 0.5) is 18.9 Å². The molecule has 0 aliphatic carbocycles. The molecule has 6 nitrogen and oxygen atoms in total. The van der Waals surface area contributed by atoms with E-state index in [1.807, 2.05) is 6.07 Å². The number of alkyl halides is 3. The van der Waals surface area contributed by atoms with Crippen LogP contribution in [0.2, 0.25) is 0 Å². The van der Waals surface area contributed by atoms with E-state index in [1.54, 1.807) is 38.1 Å². The van der Waals surface area contributed by atoms with Crippen molar-refractivity contribution in [3.63, 3.8) is 0 Å². The Morgan fingerprint density at radius 1 is 1.00 bits per heavy atom. The summed E-state index contributed by atoms with van der Waals surface area (Å²) in [7, 11) is 0. The largest absolute Gasteiger partial charge is 0.573 e. The van der Waals surface area contributed by atoms with Crippen molar-refractivity contribution in [2.45, 2.75) is 20.2 Å². The van der Waals surface area contributed by atoms with Gasteiger partial charge in [-0.15, -0.1) is 13.2 Å². The van der Waals surface area contributed by atoms with Gasteiger partial charge in [0.1, 0.15) is 0 Å². The van der Waals surface area contributed by atoms with Crippen molar-refractivity contribution in [1.82, 2.24) is 9.78 Å². The summed E-state index contributed by atoms with van der Waals surface area (Å²) in [6.07, 6.45) is -4.94. The van der Waals surface area contributed by atoms with Gasteiger partial charge in [-0.05, 0) is 38.1 Å². The number of benzene rings is 2. The van der Waals surface area contributed by atoms with Gasteiger partial charge < -0.3 is 10.1 Å². The number of aryl methyl sites for hydroxylation is 1. The molecule has 0 fully saturated rings. The minimum atomic E-state index is -4.94. The number of Topliss-reactive ketones (excluding diaryl/α,β-unsaturated/α-hetero) is 1. The van der Waals surface area contributed by atoms with Crippen molar-refractivity contribution in [2.24, 2.45) is 0 Å². The Bertz CT molecular complexity index is 1060. The lowest BCUT2D eigenvalue weighted by Crippen LogP contribution is -2.25. The topological polar surface area (TPSA) is 73.2 Å². The SMILES string of the molecule is Cc1nn(-c2ccccc2)c(C)c1C(=O)C(=O)Nc1ccccc1OC(F)(F)F. The molecule has 0 aliphatic heterocycles. The number of para-hydroxylation sites is 3. The number of ether oxygens (including phenoxy) is 1. The number of nitrogens with zero attached hydrogens (tertiary/aromatic N) is 2. The zero-order chi connectivity index (χ0) is 21.2. The van der Waals surface area contributed by atoms with Crippen molar-refractivity contribution in [3.8, 4) is 11.4 Å². The van der Waals surface area contributed by atoms with Crippen LogP contribution in [-0.4, -0.2) is 27.8 Å². The molecule has 150 valence electrons.